The molecule has 3 rings (SSSR count). The number of hydrogen-bond acceptors (Lipinski definition) is 4. The van der Waals surface area contributed by atoms with Crippen LogP contribution in [0.15, 0.2) is 53.7 Å². The first-order valence-electron chi connectivity index (χ1n) is 8.15. The number of rotatable bonds is 7. The first-order valence-corrected chi connectivity index (χ1v) is 9.89. The van der Waals surface area contributed by atoms with Crippen LogP contribution in [-0.2, 0) is 13.0 Å². The van der Waals surface area contributed by atoms with Gasteiger partial charge in [-0.2, -0.15) is 0 Å². The molecule has 0 unspecified atom stereocenters. The van der Waals surface area contributed by atoms with Crippen molar-refractivity contribution in [3.05, 3.63) is 75.5 Å². The van der Waals surface area contributed by atoms with Crippen molar-refractivity contribution in [3.63, 3.8) is 0 Å². The van der Waals surface area contributed by atoms with E-state index in [0.29, 0.717) is 22.0 Å². The summed E-state index contributed by atoms with van der Waals surface area (Å²) in [6.07, 6.45) is 0.708. The summed E-state index contributed by atoms with van der Waals surface area (Å²) in [5.74, 6) is 1.07. The SMILES string of the molecule is CCn1c(Cc2ccccc2)nnc1SCC(=O)c1ccc(Cl)cc1Cl. The Morgan fingerprint density at radius 2 is 1.88 bits per heavy atom. The molecule has 3 aromatic rings. The van der Waals surface area contributed by atoms with Crippen molar-refractivity contribution in [3.8, 4) is 0 Å². The van der Waals surface area contributed by atoms with E-state index in [0.717, 1.165) is 17.5 Å². The summed E-state index contributed by atoms with van der Waals surface area (Å²) in [4.78, 5) is 12.4. The number of halogens is 2. The van der Waals surface area contributed by atoms with Crippen LogP contribution in [0.2, 0.25) is 10.0 Å². The number of hydrogen-bond donors (Lipinski definition) is 0. The highest BCUT2D eigenvalue weighted by Crippen LogP contribution is 2.25. The molecule has 0 aliphatic rings. The molecule has 0 aliphatic carbocycles. The number of nitrogens with zero attached hydrogens (tertiary/aromatic N) is 3. The molecular formula is C19H17Cl2N3OS. The molecule has 0 amide bonds. The van der Waals surface area contributed by atoms with Gasteiger partial charge in [-0.15, -0.1) is 10.2 Å². The van der Waals surface area contributed by atoms with Crippen molar-refractivity contribution < 1.29 is 4.79 Å². The van der Waals surface area contributed by atoms with Gasteiger partial charge in [-0.05, 0) is 30.7 Å². The predicted octanol–water partition coefficient (Wildman–Crippen LogP) is 5.17. The van der Waals surface area contributed by atoms with Crippen LogP contribution in [0, 0.1) is 0 Å². The molecule has 134 valence electrons. The number of Topliss-reactive ketones (excluding diaryl/α,β-unsaturated/α-hetero) is 1. The molecule has 0 atom stereocenters. The highest BCUT2D eigenvalue weighted by Gasteiger charge is 2.16. The standard InChI is InChI=1S/C19H17Cl2N3OS/c1-2-24-18(10-13-6-4-3-5-7-13)22-23-19(24)26-12-17(25)15-9-8-14(20)11-16(15)21/h3-9,11H,2,10,12H2,1H3. The lowest BCUT2D eigenvalue weighted by Crippen LogP contribution is -2.07. The van der Waals surface area contributed by atoms with E-state index in [1.54, 1.807) is 18.2 Å². The lowest BCUT2D eigenvalue weighted by atomic mass is 10.1. The van der Waals surface area contributed by atoms with Gasteiger partial charge in [0.05, 0.1) is 10.8 Å². The van der Waals surface area contributed by atoms with E-state index in [2.05, 4.69) is 22.3 Å². The highest BCUT2D eigenvalue weighted by atomic mass is 35.5. The van der Waals surface area contributed by atoms with Crippen molar-refractivity contribution in [2.75, 3.05) is 5.75 Å². The van der Waals surface area contributed by atoms with Gasteiger partial charge >= 0.3 is 0 Å². The molecule has 26 heavy (non-hydrogen) atoms. The number of carbonyl (C=O) groups excluding carboxylic acids is 1. The second-order valence-electron chi connectivity index (χ2n) is 5.64. The normalized spacial score (nSPS) is 10.9. The number of carbonyl (C=O) groups is 1. The van der Waals surface area contributed by atoms with Gasteiger partial charge in [0.15, 0.2) is 10.9 Å². The van der Waals surface area contributed by atoms with Gasteiger partial charge in [-0.1, -0.05) is 65.3 Å². The van der Waals surface area contributed by atoms with Crippen LogP contribution in [0.4, 0.5) is 0 Å². The molecular weight excluding hydrogens is 389 g/mol. The Labute approximate surface area is 166 Å². The molecule has 0 radical (unpaired) electrons. The largest absolute Gasteiger partial charge is 0.306 e. The zero-order valence-electron chi connectivity index (χ0n) is 14.2. The molecule has 0 aliphatic heterocycles. The minimum absolute atomic E-state index is 0.0630. The van der Waals surface area contributed by atoms with Crippen molar-refractivity contribution >= 4 is 40.7 Å². The quantitative estimate of drug-likeness (QED) is 0.401. The maximum atomic E-state index is 12.4. The van der Waals surface area contributed by atoms with Crippen LogP contribution < -0.4 is 0 Å². The van der Waals surface area contributed by atoms with Gasteiger partial charge in [0, 0.05) is 23.6 Å². The second-order valence-corrected chi connectivity index (χ2v) is 7.43. The number of aromatic nitrogens is 3. The summed E-state index contributed by atoms with van der Waals surface area (Å²) in [6, 6.07) is 15.0. The van der Waals surface area contributed by atoms with Crippen LogP contribution in [0.5, 0.6) is 0 Å². The van der Waals surface area contributed by atoms with Crippen molar-refractivity contribution in [2.45, 2.75) is 25.0 Å². The molecule has 0 spiro atoms. The maximum absolute atomic E-state index is 12.4. The first-order chi connectivity index (χ1) is 12.6. The van der Waals surface area contributed by atoms with Crippen LogP contribution in [0.1, 0.15) is 28.7 Å². The van der Waals surface area contributed by atoms with E-state index < -0.39 is 0 Å². The smallest absolute Gasteiger partial charge is 0.191 e. The van der Waals surface area contributed by atoms with Gasteiger partial charge in [0.25, 0.3) is 0 Å². The Bertz CT molecular complexity index is 912. The van der Waals surface area contributed by atoms with Crippen molar-refractivity contribution in [2.24, 2.45) is 0 Å². The summed E-state index contributed by atoms with van der Waals surface area (Å²) in [5.41, 5.74) is 1.64. The molecule has 2 aromatic carbocycles. The molecule has 0 N–H and O–H groups in total. The van der Waals surface area contributed by atoms with Gasteiger partial charge in [-0.25, -0.2) is 0 Å². The monoisotopic (exact) mass is 405 g/mol. The van der Waals surface area contributed by atoms with E-state index in [9.17, 15) is 4.79 Å². The fourth-order valence-corrected chi connectivity index (χ4v) is 3.99. The number of benzene rings is 2. The van der Waals surface area contributed by atoms with Crippen LogP contribution in [0.25, 0.3) is 0 Å². The summed E-state index contributed by atoms with van der Waals surface area (Å²) < 4.78 is 2.04. The Balaban J connectivity index is 1.71. The minimum Gasteiger partial charge on any atom is -0.306 e. The predicted molar refractivity (Wildman–Crippen MR) is 106 cm³/mol. The Kier molecular flexibility index (Phi) is 6.35. The van der Waals surface area contributed by atoms with Crippen molar-refractivity contribution in [1.29, 1.82) is 0 Å². The van der Waals surface area contributed by atoms with Crippen molar-refractivity contribution in [1.82, 2.24) is 14.8 Å². The third-order valence-electron chi connectivity index (χ3n) is 3.88. The lowest BCUT2D eigenvalue weighted by molar-refractivity contribution is 0.102. The fraction of sp³-hybridized carbons (Fsp3) is 0.211. The summed E-state index contributed by atoms with van der Waals surface area (Å²) >= 11 is 13.4. The van der Waals surface area contributed by atoms with Crippen LogP contribution in [0.3, 0.4) is 0 Å². The topological polar surface area (TPSA) is 47.8 Å². The average Bonchev–Trinajstić information content (AvgIpc) is 3.02. The van der Waals surface area contributed by atoms with Gasteiger partial charge in [0.1, 0.15) is 5.82 Å². The molecule has 1 heterocycles. The Morgan fingerprint density at radius 3 is 2.58 bits per heavy atom. The first kappa shape index (κ1) is 19.0. The van der Waals surface area contributed by atoms with E-state index in [1.165, 1.54) is 17.3 Å². The number of ketones is 1. The highest BCUT2D eigenvalue weighted by molar-refractivity contribution is 7.99. The Morgan fingerprint density at radius 1 is 1.12 bits per heavy atom. The zero-order valence-corrected chi connectivity index (χ0v) is 16.5. The van der Waals surface area contributed by atoms with E-state index in [-0.39, 0.29) is 11.5 Å². The molecule has 0 fully saturated rings. The lowest BCUT2D eigenvalue weighted by Gasteiger charge is -2.08. The summed E-state index contributed by atoms with van der Waals surface area (Å²) in [5, 5.41) is 10.2. The average molecular weight is 406 g/mol. The molecule has 4 nitrogen and oxygen atoms in total. The Hall–Kier alpha value is -1.82. The fourth-order valence-electron chi connectivity index (χ4n) is 2.58. The van der Waals surface area contributed by atoms with Gasteiger partial charge in [0.2, 0.25) is 0 Å². The van der Waals surface area contributed by atoms with Crippen LogP contribution >= 0.6 is 35.0 Å². The zero-order chi connectivity index (χ0) is 18.5. The van der Waals surface area contributed by atoms with Gasteiger partial charge in [-0.3, -0.25) is 4.79 Å². The van der Waals surface area contributed by atoms with Crippen LogP contribution in [-0.4, -0.2) is 26.3 Å². The molecule has 7 heteroatoms. The molecule has 0 saturated carbocycles. The number of thioether (sulfide) groups is 1. The molecule has 0 bridgehead atoms. The second kappa shape index (κ2) is 8.71. The van der Waals surface area contributed by atoms with Gasteiger partial charge < -0.3 is 4.57 Å². The molecule has 0 saturated heterocycles. The summed E-state index contributed by atoms with van der Waals surface area (Å²) in [7, 11) is 0. The third kappa shape index (κ3) is 4.47. The van der Waals surface area contributed by atoms with E-state index >= 15 is 0 Å². The third-order valence-corrected chi connectivity index (χ3v) is 5.39. The minimum atomic E-state index is -0.0630. The summed E-state index contributed by atoms with van der Waals surface area (Å²) in [6.45, 7) is 2.78. The molecule has 1 aromatic heterocycles. The van der Waals surface area contributed by atoms with E-state index in [1.807, 2.05) is 29.7 Å². The van der Waals surface area contributed by atoms with E-state index in [4.69, 9.17) is 23.2 Å². The maximum Gasteiger partial charge on any atom is 0.191 e.